The first-order chi connectivity index (χ1) is 9.42. The Bertz CT molecular complexity index is 369. The van der Waals surface area contributed by atoms with E-state index in [1.807, 2.05) is 6.92 Å². The number of carboxylic acids is 1. The van der Waals surface area contributed by atoms with Crippen LogP contribution in [-0.4, -0.2) is 72.0 Å². The predicted molar refractivity (Wildman–Crippen MR) is 73.2 cm³/mol. The van der Waals surface area contributed by atoms with Crippen molar-refractivity contribution < 1.29 is 19.5 Å². The van der Waals surface area contributed by atoms with Gasteiger partial charge in [-0.15, -0.1) is 0 Å². The molecule has 1 fully saturated rings. The summed E-state index contributed by atoms with van der Waals surface area (Å²) in [4.78, 5) is 37.2. The van der Waals surface area contributed by atoms with Crippen molar-refractivity contribution >= 4 is 17.8 Å². The van der Waals surface area contributed by atoms with E-state index in [1.165, 1.54) is 4.90 Å². The van der Waals surface area contributed by atoms with Gasteiger partial charge < -0.3 is 15.3 Å². The minimum Gasteiger partial charge on any atom is -0.481 e. The molecular weight excluding hydrogens is 262 g/mol. The van der Waals surface area contributed by atoms with Gasteiger partial charge in [0, 0.05) is 19.6 Å². The lowest BCUT2D eigenvalue weighted by molar-refractivity contribution is -0.138. The van der Waals surface area contributed by atoms with Gasteiger partial charge in [0.1, 0.15) is 0 Å². The Labute approximate surface area is 118 Å². The zero-order valence-electron chi connectivity index (χ0n) is 12.1. The van der Waals surface area contributed by atoms with E-state index in [0.29, 0.717) is 13.1 Å². The second kappa shape index (κ2) is 7.84. The first kappa shape index (κ1) is 16.4. The molecule has 0 radical (unpaired) electrons. The van der Waals surface area contributed by atoms with Crippen molar-refractivity contribution in [2.75, 3.05) is 33.2 Å². The fourth-order valence-corrected chi connectivity index (χ4v) is 1.72. The van der Waals surface area contributed by atoms with Gasteiger partial charge in [-0.1, -0.05) is 6.92 Å². The number of hydrogen-bond donors (Lipinski definition) is 2. The molecule has 1 rings (SSSR count). The van der Waals surface area contributed by atoms with Crippen LogP contribution in [0.5, 0.6) is 0 Å². The van der Waals surface area contributed by atoms with Gasteiger partial charge in [-0.2, -0.15) is 0 Å². The molecule has 2 amide bonds. The van der Waals surface area contributed by atoms with Crippen LogP contribution in [0.2, 0.25) is 0 Å². The Morgan fingerprint density at radius 2 is 1.90 bits per heavy atom. The van der Waals surface area contributed by atoms with Crippen LogP contribution >= 0.6 is 0 Å². The van der Waals surface area contributed by atoms with E-state index in [-0.39, 0.29) is 37.4 Å². The minimum absolute atomic E-state index is 0.00694. The van der Waals surface area contributed by atoms with Crippen LogP contribution in [0, 0.1) is 0 Å². The molecule has 0 heterocycles. The van der Waals surface area contributed by atoms with Gasteiger partial charge in [-0.3, -0.25) is 19.3 Å². The highest BCUT2D eigenvalue weighted by molar-refractivity contribution is 5.85. The molecule has 0 aromatic carbocycles. The molecule has 0 spiro atoms. The number of nitrogens with one attached hydrogen (secondary N) is 1. The Morgan fingerprint density at radius 1 is 1.25 bits per heavy atom. The second-order valence-corrected chi connectivity index (χ2v) is 5.10. The molecule has 114 valence electrons. The summed E-state index contributed by atoms with van der Waals surface area (Å²) in [6.07, 6.45) is 2.04. The molecule has 7 nitrogen and oxygen atoms in total. The maximum absolute atomic E-state index is 12.0. The fourth-order valence-electron chi connectivity index (χ4n) is 1.72. The van der Waals surface area contributed by atoms with Gasteiger partial charge in [-0.25, -0.2) is 0 Å². The van der Waals surface area contributed by atoms with Crippen LogP contribution in [0.15, 0.2) is 0 Å². The van der Waals surface area contributed by atoms with Crippen LogP contribution in [0.1, 0.15) is 26.2 Å². The number of carbonyl (C=O) groups excluding carboxylic acids is 2. The standard InChI is InChI=1S/C13H23N3O4/c1-3-16(7-6-13(19)20)9-12(18)15(2)8-11(17)14-10-4-5-10/h10H,3-9H2,1-2H3,(H,14,17)(H,19,20). The van der Waals surface area contributed by atoms with Crippen LogP contribution in [0.25, 0.3) is 0 Å². The highest BCUT2D eigenvalue weighted by Gasteiger charge is 2.24. The minimum atomic E-state index is -0.881. The summed E-state index contributed by atoms with van der Waals surface area (Å²) in [5, 5.41) is 11.5. The van der Waals surface area contributed by atoms with Crippen LogP contribution in [0.4, 0.5) is 0 Å². The van der Waals surface area contributed by atoms with Gasteiger partial charge in [0.25, 0.3) is 0 Å². The average molecular weight is 285 g/mol. The number of carboxylic acid groups (broad SMARTS) is 1. The highest BCUT2D eigenvalue weighted by Crippen LogP contribution is 2.18. The zero-order chi connectivity index (χ0) is 15.1. The highest BCUT2D eigenvalue weighted by atomic mass is 16.4. The van der Waals surface area contributed by atoms with Crippen LogP contribution in [-0.2, 0) is 14.4 Å². The summed E-state index contributed by atoms with van der Waals surface area (Å²) in [6.45, 7) is 2.98. The van der Waals surface area contributed by atoms with Crippen molar-refractivity contribution in [2.45, 2.75) is 32.2 Å². The molecule has 7 heteroatoms. The van der Waals surface area contributed by atoms with E-state index in [1.54, 1.807) is 11.9 Å². The Morgan fingerprint density at radius 3 is 2.40 bits per heavy atom. The van der Waals surface area contributed by atoms with Gasteiger partial charge in [-0.05, 0) is 19.4 Å². The molecule has 1 saturated carbocycles. The van der Waals surface area contributed by atoms with Crippen molar-refractivity contribution in [3.8, 4) is 0 Å². The Balaban J connectivity index is 2.30. The third-order valence-corrected chi connectivity index (χ3v) is 3.20. The normalized spacial score (nSPS) is 14.2. The van der Waals surface area contributed by atoms with Crippen LogP contribution in [0.3, 0.4) is 0 Å². The summed E-state index contributed by atoms with van der Waals surface area (Å²) in [5.41, 5.74) is 0. The van der Waals surface area contributed by atoms with E-state index in [9.17, 15) is 14.4 Å². The van der Waals surface area contributed by atoms with Gasteiger partial charge in [0.2, 0.25) is 11.8 Å². The fraction of sp³-hybridized carbons (Fsp3) is 0.769. The van der Waals surface area contributed by atoms with Gasteiger partial charge >= 0.3 is 5.97 Å². The summed E-state index contributed by atoms with van der Waals surface area (Å²) in [6, 6.07) is 0.286. The molecule has 1 aliphatic carbocycles. The number of aliphatic carboxylic acids is 1. The molecule has 0 atom stereocenters. The lowest BCUT2D eigenvalue weighted by Gasteiger charge is -2.23. The SMILES string of the molecule is CCN(CCC(=O)O)CC(=O)N(C)CC(=O)NC1CC1. The van der Waals surface area contributed by atoms with E-state index in [0.717, 1.165) is 12.8 Å². The monoisotopic (exact) mass is 285 g/mol. The number of amides is 2. The van der Waals surface area contributed by atoms with E-state index in [2.05, 4.69) is 5.32 Å². The largest absolute Gasteiger partial charge is 0.481 e. The number of carbonyl (C=O) groups is 3. The number of nitrogens with zero attached hydrogens (tertiary/aromatic N) is 2. The van der Waals surface area contributed by atoms with Crippen molar-refractivity contribution in [1.82, 2.24) is 15.1 Å². The number of hydrogen-bond acceptors (Lipinski definition) is 4. The maximum atomic E-state index is 12.0. The summed E-state index contributed by atoms with van der Waals surface area (Å²) >= 11 is 0. The quantitative estimate of drug-likeness (QED) is 0.597. The maximum Gasteiger partial charge on any atom is 0.304 e. The third-order valence-electron chi connectivity index (χ3n) is 3.20. The number of likely N-dealkylation sites (N-methyl/N-ethyl adjacent to an activating group) is 2. The molecule has 0 saturated heterocycles. The van der Waals surface area contributed by atoms with Crippen molar-refractivity contribution in [3.05, 3.63) is 0 Å². The molecule has 20 heavy (non-hydrogen) atoms. The second-order valence-electron chi connectivity index (χ2n) is 5.10. The zero-order valence-corrected chi connectivity index (χ0v) is 12.1. The molecule has 0 aliphatic heterocycles. The first-order valence-corrected chi connectivity index (χ1v) is 6.89. The lowest BCUT2D eigenvalue weighted by Crippen LogP contribution is -2.44. The first-order valence-electron chi connectivity index (χ1n) is 6.89. The van der Waals surface area contributed by atoms with Gasteiger partial charge in [0.15, 0.2) is 0 Å². The van der Waals surface area contributed by atoms with Crippen molar-refractivity contribution in [2.24, 2.45) is 0 Å². The molecule has 1 aliphatic rings. The lowest BCUT2D eigenvalue weighted by atomic mass is 10.3. The molecule has 0 bridgehead atoms. The van der Waals surface area contributed by atoms with E-state index < -0.39 is 5.97 Å². The van der Waals surface area contributed by atoms with Crippen molar-refractivity contribution in [1.29, 1.82) is 0 Å². The van der Waals surface area contributed by atoms with E-state index in [4.69, 9.17) is 5.11 Å². The Hall–Kier alpha value is -1.63. The molecular formula is C13H23N3O4. The average Bonchev–Trinajstić information content (AvgIpc) is 3.17. The summed E-state index contributed by atoms with van der Waals surface area (Å²) < 4.78 is 0. The number of rotatable bonds is 9. The topological polar surface area (TPSA) is 90.0 Å². The van der Waals surface area contributed by atoms with Crippen molar-refractivity contribution in [3.63, 3.8) is 0 Å². The van der Waals surface area contributed by atoms with Gasteiger partial charge in [0.05, 0.1) is 19.5 Å². The summed E-state index contributed by atoms with van der Waals surface area (Å²) in [7, 11) is 1.58. The van der Waals surface area contributed by atoms with Crippen LogP contribution < -0.4 is 5.32 Å². The molecule has 0 aromatic rings. The molecule has 2 N–H and O–H groups in total. The Kier molecular flexibility index (Phi) is 6.44. The smallest absolute Gasteiger partial charge is 0.304 e. The molecule has 0 unspecified atom stereocenters. The third kappa shape index (κ3) is 6.51. The molecule has 0 aromatic heterocycles. The summed E-state index contributed by atoms with van der Waals surface area (Å²) in [5.74, 6) is -1.20. The van der Waals surface area contributed by atoms with E-state index >= 15 is 0 Å². The predicted octanol–water partition coefficient (Wildman–Crippen LogP) is -0.480.